The van der Waals surface area contributed by atoms with Crippen LogP contribution in [0.5, 0.6) is 11.5 Å². The number of ether oxygens (including phenoxy) is 2. The molecule has 1 atom stereocenters. The Morgan fingerprint density at radius 3 is 2.69 bits per heavy atom. The molecule has 1 aliphatic rings. The quantitative estimate of drug-likeness (QED) is 0.528. The minimum absolute atomic E-state index is 0.178. The van der Waals surface area contributed by atoms with Crippen molar-refractivity contribution in [1.82, 2.24) is 0 Å². The van der Waals surface area contributed by atoms with Gasteiger partial charge >= 0.3 is 0 Å². The molecule has 0 spiro atoms. The predicted octanol–water partition coefficient (Wildman–Crippen LogP) is 5.33. The van der Waals surface area contributed by atoms with Crippen LogP contribution in [0, 0.1) is 0 Å². The molecule has 0 fully saturated rings. The normalized spacial score (nSPS) is 15.0. The zero-order chi connectivity index (χ0) is 22.7. The summed E-state index contributed by atoms with van der Waals surface area (Å²) in [4.78, 5) is 26.9. The lowest BCUT2D eigenvalue weighted by atomic mass is 10.1. The highest BCUT2D eigenvalue weighted by Crippen LogP contribution is 2.37. The van der Waals surface area contributed by atoms with Gasteiger partial charge in [0, 0.05) is 10.7 Å². The summed E-state index contributed by atoms with van der Waals surface area (Å²) in [6.07, 6.45) is -0.619. The van der Waals surface area contributed by atoms with Gasteiger partial charge in [-0.3, -0.25) is 9.59 Å². The van der Waals surface area contributed by atoms with E-state index < -0.39 is 6.10 Å². The Hall–Kier alpha value is -3.22. The Labute approximate surface area is 195 Å². The van der Waals surface area contributed by atoms with Gasteiger partial charge in [-0.15, -0.1) is 0 Å². The second-order valence-electron chi connectivity index (χ2n) is 7.26. The van der Waals surface area contributed by atoms with Crippen molar-refractivity contribution in [3.63, 3.8) is 0 Å². The van der Waals surface area contributed by atoms with Crippen LogP contribution in [0.1, 0.15) is 12.5 Å². The summed E-state index contributed by atoms with van der Waals surface area (Å²) in [6.45, 7) is 1.82. The average molecular weight is 471 g/mol. The summed E-state index contributed by atoms with van der Waals surface area (Å²) >= 11 is 12.1. The predicted molar refractivity (Wildman–Crippen MR) is 125 cm³/mol. The maximum absolute atomic E-state index is 12.9. The number of fused-ring (bicyclic) bond motifs is 1. The Bertz CT molecular complexity index is 1170. The molecule has 1 aliphatic heterocycles. The molecule has 1 unspecified atom stereocenters. The van der Waals surface area contributed by atoms with Crippen LogP contribution < -0.4 is 19.7 Å². The summed E-state index contributed by atoms with van der Waals surface area (Å²) in [5, 5.41) is 3.80. The van der Waals surface area contributed by atoms with Gasteiger partial charge in [0.2, 0.25) is 0 Å². The third-order valence-electron chi connectivity index (χ3n) is 4.88. The minimum Gasteiger partial charge on any atom is -0.482 e. The Kier molecular flexibility index (Phi) is 6.53. The van der Waals surface area contributed by atoms with Crippen LogP contribution in [-0.4, -0.2) is 24.5 Å². The largest absolute Gasteiger partial charge is 0.482 e. The molecule has 1 N–H and O–H groups in total. The van der Waals surface area contributed by atoms with E-state index in [4.69, 9.17) is 32.7 Å². The first-order valence-corrected chi connectivity index (χ1v) is 10.7. The number of hydrogen-bond donors (Lipinski definition) is 1. The van der Waals surface area contributed by atoms with E-state index >= 15 is 0 Å². The fourth-order valence-corrected chi connectivity index (χ4v) is 3.77. The van der Waals surface area contributed by atoms with Gasteiger partial charge in [0.25, 0.3) is 11.8 Å². The van der Waals surface area contributed by atoms with E-state index in [1.54, 1.807) is 60.4 Å². The first-order valence-electron chi connectivity index (χ1n) is 9.94. The van der Waals surface area contributed by atoms with Crippen molar-refractivity contribution in [3.05, 3.63) is 82.3 Å². The molecule has 164 valence electrons. The fraction of sp³-hybridized carbons (Fsp3) is 0.167. The standard InChI is InChI=1S/C24H20Cl2N2O4/c1-15-24(30)28(13-16-5-4-6-17(25)11-16)20-12-18(9-10-22(20)32-15)27-23(29)14-31-21-8-3-2-7-19(21)26/h2-12,15H,13-14H2,1H3,(H,27,29). The molecule has 0 saturated carbocycles. The fourth-order valence-electron chi connectivity index (χ4n) is 3.37. The van der Waals surface area contributed by atoms with Crippen LogP contribution in [0.15, 0.2) is 66.7 Å². The molecule has 0 saturated heterocycles. The number of para-hydroxylation sites is 1. The average Bonchev–Trinajstić information content (AvgIpc) is 2.77. The number of carbonyl (C=O) groups excluding carboxylic acids is 2. The Morgan fingerprint density at radius 1 is 1.09 bits per heavy atom. The number of nitrogens with one attached hydrogen (secondary N) is 1. The van der Waals surface area contributed by atoms with E-state index in [0.29, 0.717) is 39.5 Å². The van der Waals surface area contributed by atoms with Crippen LogP contribution in [0.3, 0.4) is 0 Å². The number of anilines is 2. The molecule has 0 aromatic heterocycles. The molecule has 4 rings (SSSR count). The summed E-state index contributed by atoms with van der Waals surface area (Å²) < 4.78 is 11.2. The van der Waals surface area contributed by atoms with Crippen molar-refractivity contribution in [3.8, 4) is 11.5 Å². The maximum Gasteiger partial charge on any atom is 0.268 e. The number of carbonyl (C=O) groups is 2. The van der Waals surface area contributed by atoms with E-state index in [-0.39, 0.29) is 18.4 Å². The molecule has 0 radical (unpaired) electrons. The summed E-state index contributed by atoms with van der Waals surface area (Å²) in [6, 6.07) is 19.4. The molecule has 1 heterocycles. The van der Waals surface area contributed by atoms with Crippen LogP contribution in [0.2, 0.25) is 10.0 Å². The lowest BCUT2D eigenvalue weighted by Crippen LogP contribution is -2.44. The van der Waals surface area contributed by atoms with Crippen molar-refractivity contribution in [2.45, 2.75) is 19.6 Å². The SMILES string of the molecule is CC1Oc2ccc(NC(=O)COc3ccccc3Cl)cc2N(Cc2cccc(Cl)c2)C1=O. The van der Waals surface area contributed by atoms with Crippen molar-refractivity contribution in [2.75, 3.05) is 16.8 Å². The molecule has 2 amide bonds. The van der Waals surface area contributed by atoms with Crippen molar-refractivity contribution in [1.29, 1.82) is 0 Å². The number of halogens is 2. The molecular weight excluding hydrogens is 451 g/mol. The van der Waals surface area contributed by atoms with Crippen LogP contribution in [-0.2, 0) is 16.1 Å². The van der Waals surface area contributed by atoms with Gasteiger partial charge in [-0.05, 0) is 55.0 Å². The van der Waals surface area contributed by atoms with Crippen LogP contribution in [0.4, 0.5) is 11.4 Å². The molecule has 0 bridgehead atoms. The number of amides is 2. The zero-order valence-corrected chi connectivity index (χ0v) is 18.7. The third kappa shape index (κ3) is 4.98. The monoisotopic (exact) mass is 470 g/mol. The van der Waals surface area contributed by atoms with E-state index in [1.807, 2.05) is 18.2 Å². The first kappa shape index (κ1) is 22.0. The van der Waals surface area contributed by atoms with Crippen LogP contribution >= 0.6 is 23.2 Å². The number of benzene rings is 3. The first-order chi connectivity index (χ1) is 15.4. The van der Waals surface area contributed by atoms with E-state index in [9.17, 15) is 9.59 Å². The Morgan fingerprint density at radius 2 is 1.91 bits per heavy atom. The molecule has 8 heteroatoms. The highest BCUT2D eigenvalue weighted by Gasteiger charge is 2.32. The van der Waals surface area contributed by atoms with Gasteiger partial charge in [0.1, 0.15) is 11.5 Å². The highest BCUT2D eigenvalue weighted by molar-refractivity contribution is 6.32. The number of hydrogen-bond acceptors (Lipinski definition) is 4. The molecular formula is C24H20Cl2N2O4. The second kappa shape index (κ2) is 9.51. The van der Waals surface area contributed by atoms with Crippen LogP contribution in [0.25, 0.3) is 0 Å². The van der Waals surface area contributed by atoms with Gasteiger partial charge in [-0.2, -0.15) is 0 Å². The molecule has 32 heavy (non-hydrogen) atoms. The number of nitrogens with zero attached hydrogens (tertiary/aromatic N) is 1. The van der Waals surface area contributed by atoms with Crippen molar-refractivity contribution in [2.24, 2.45) is 0 Å². The zero-order valence-electron chi connectivity index (χ0n) is 17.2. The van der Waals surface area contributed by atoms with Gasteiger partial charge in [0.05, 0.1) is 17.3 Å². The highest BCUT2D eigenvalue weighted by atomic mass is 35.5. The van der Waals surface area contributed by atoms with Crippen molar-refractivity contribution >= 4 is 46.4 Å². The van der Waals surface area contributed by atoms with Gasteiger partial charge in [-0.1, -0.05) is 47.5 Å². The Balaban J connectivity index is 1.51. The lowest BCUT2D eigenvalue weighted by molar-refractivity contribution is -0.125. The molecule has 6 nitrogen and oxygen atoms in total. The summed E-state index contributed by atoms with van der Waals surface area (Å²) in [5.74, 6) is 0.450. The molecule has 3 aromatic rings. The molecule has 0 aliphatic carbocycles. The maximum atomic E-state index is 12.9. The van der Waals surface area contributed by atoms with Crippen molar-refractivity contribution < 1.29 is 19.1 Å². The smallest absolute Gasteiger partial charge is 0.268 e. The second-order valence-corrected chi connectivity index (χ2v) is 8.11. The molecule has 3 aromatic carbocycles. The van der Waals surface area contributed by atoms with E-state index in [1.165, 1.54) is 0 Å². The summed E-state index contributed by atoms with van der Waals surface area (Å²) in [7, 11) is 0. The van der Waals surface area contributed by atoms with Gasteiger partial charge in [-0.25, -0.2) is 0 Å². The minimum atomic E-state index is -0.619. The number of rotatable bonds is 6. The van der Waals surface area contributed by atoms with E-state index in [0.717, 1.165) is 5.56 Å². The summed E-state index contributed by atoms with van der Waals surface area (Å²) in [5.41, 5.74) is 1.96. The lowest BCUT2D eigenvalue weighted by Gasteiger charge is -2.33. The third-order valence-corrected chi connectivity index (χ3v) is 5.42. The topological polar surface area (TPSA) is 67.9 Å². The van der Waals surface area contributed by atoms with Gasteiger partial charge < -0.3 is 19.7 Å². The van der Waals surface area contributed by atoms with Gasteiger partial charge in [0.15, 0.2) is 12.7 Å². The van der Waals surface area contributed by atoms with E-state index in [2.05, 4.69) is 5.32 Å².